The van der Waals surface area contributed by atoms with Gasteiger partial charge in [0.2, 0.25) is 5.91 Å². The van der Waals surface area contributed by atoms with Gasteiger partial charge in [-0.1, -0.05) is 36.8 Å². The fourth-order valence-electron chi connectivity index (χ4n) is 3.53. The first kappa shape index (κ1) is 25.8. The maximum atomic E-state index is 12.6. The van der Waals surface area contributed by atoms with Crippen molar-refractivity contribution in [3.05, 3.63) is 53.9 Å². The Morgan fingerprint density at radius 3 is 2.40 bits per heavy atom. The van der Waals surface area contributed by atoms with Crippen LogP contribution >= 0.6 is 0 Å². The second-order valence-corrected chi connectivity index (χ2v) is 7.97. The van der Waals surface area contributed by atoms with Crippen LogP contribution in [0.15, 0.2) is 42.5 Å². The molecule has 0 aliphatic carbocycles. The van der Waals surface area contributed by atoms with Crippen LogP contribution in [0.3, 0.4) is 0 Å². The van der Waals surface area contributed by atoms with Gasteiger partial charge in [-0.2, -0.15) is 4.68 Å². The second kappa shape index (κ2) is 12.0. The summed E-state index contributed by atoms with van der Waals surface area (Å²) in [5, 5.41) is 32.6. The number of aryl methyl sites for hydroxylation is 2. The van der Waals surface area contributed by atoms with E-state index >= 15 is 0 Å². The highest BCUT2D eigenvalue weighted by Gasteiger charge is 2.22. The zero-order valence-electron chi connectivity index (χ0n) is 20.0. The van der Waals surface area contributed by atoms with E-state index in [0.717, 1.165) is 16.7 Å². The van der Waals surface area contributed by atoms with Crippen molar-refractivity contribution < 1.29 is 24.5 Å². The van der Waals surface area contributed by atoms with E-state index in [1.54, 1.807) is 16.8 Å². The molecule has 186 valence electrons. The number of rotatable bonds is 10. The van der Waals surface area contributed by atoms with Crippen molar-refractivity contribution >= 4 is 12.0 Å². The number of hydrogen-bond acceptors (Lipinski definition) is 8. The van der Waals surface area contributed by atoms with E-state index < -0.39 is 18.0 Å². The van der Waals surface area contributed by atoms with Crippen LogP contribution < -0.4 is 10.1 Å². The highest BCUT2D eigenvalue weighted by Crippen LogP contribution is 2.28. The Kier molecular flexibility index (Phi) is 8.87. The van der Waals surface area contributed by atoms with Gasteiger partial charge < -0.3 is 25.2 Å². The van der Waals surface area contributed by atoms with Gasteiger partial charge in [-0.3, -0.25) is 4.79 Å². The minimum absolute atomic E-state index is 0.0497. The molecule has 2 aromatic carbocycles. The quantitative estimate of drug-likeness (QED) is 0.394. The van der Waals surface area contributed by atoms with Crippen LogP contribution in [0, 0.1) is 6.92 Å². The van der Waals surface area contributed by atoms with Gasteiger partial charge in [0.1, 0.15) is 11.8 Å². The molecule has 0 spiro atoms. The predicted molar refractivity (Wildman–Crippen MR) is 128 cm³/mol. The summed E-state index contributed by atoms with van der Waals surface area (Å²) in [6.45, 7) is 5.03. The SMILES string of the molecule is CCc1nnnn1-c1cc(OC(=O)N[C@H](C)C(=O)N(CCO)CCO)cc(-c2ccc(C)cc2)c1. The van der Waals surface area contributed by atoms with Crippen molar-refractivity contribution in [3.63, 3.8) is 0 Å². The molecule has 0 radical (unpaired) electrons. The van der Waals surface area contributed by atoms with E-state index in [0.29, 0.717) is 17.9 Å². The molecular weight excluding hydrogens is 452 g/mol. The lowest BCUT2D eigenvalue weighted by atomic mass is 10.0. The Hall–Kier alpha value is -3.83. The molecule has 3 rings (SSSR count). The van der Waals surface area contributed by atoms with E-state index in [-0.39, 0.29) is 32.1 Å². The lowest BCUT2D eigenvalue weighted by Gasteiger charge is -2.24. The van der Waals surface area contributed by atoms with Crippen molar-refractivity contribution in [2.45, 2.75) is 33.2 Å². The molecule has 2 amide bonds. The Bertz CT molecular complexity index is 1140. The first-order valence-electron chi connectivity index (χ1n) is 11.3. The summed E-state index contributed by atoms with van der Waals surface area (Å²) in [5.41, 5.74) is 3.45. The number of aliphatic hydroxyl groups excluding tert-OH is 2. The third-order valence-electron chi connectivity index (χ3n) is 5.34. The minimum Gasteiger partial charge on any atom is -0.410 e. The Balaban J connectivity index is 1.85. The standard InChI is InChI=1S/C24H30N6O5/c1-4-22-26-27-28-30(22)20-13-19(18-7-5-16(2)6-8-18)14-21(15-20)35-24(34)25-17(3)23(33)29(9-11-31)10-12-32/h5-8,13-15,17,31-32H,4,9-12H2,1-3H3,(H,25,34)/t17-/m1/s1. The normalized spacial score (nSPS) is 11.7. The molecular formula is C24H30N6O5. The monoisotopic (exact) mass is 482 g/mol. The molecule has 0 aliphatic rings. The van der Waals surface area contributed by atoms with Crippen molar-refractivity contribution in [1.29, 1.82) is 0 Å². The summed E-state index contributed by atoms with van der Waals surface area (Å²) in [5.74, 6) is 0.448. The van der Waals surface area contributed by atoms with Crippen molar-refractivity contribution in [3.8, 4) is 22.6 Å². The number of nitrogens with zero attached hydrogens (tertiary/aromatic N) is 5. The van der Waals surface area contributed by atoms with Crippen LogP contribution in [0.5, 0.6) is 5.75 Å². The molecule has 0 saturated carbocycles. The molecule has 11 nitrogen and oxygen atoms in total. The van der Waals surface area contributed by atoms with Gasteiger partial charge in [0.05, 0.1) is 18.9 Å². The Morgan fingerprint density at radius 1 is 1.09 bits per heavy atom. The second-order valence-electron chi connectivity index (χ2n) is 7.97. The molecule has 3 N–H and O–H groups in total. The first-order valence-corrected chi connectivity index (χ1v) is 11.3. The van der Waals surface area contributed by atoms with Crippen LogP contribution in [0.4, 0.5) is 4.79 Å². The molecule has 35 heavy (non-hydrogen) atoms. The van der Waals surface area contributed by atoms with Crippen LogP contribution in [0.25, 0.3) is 16.8 Å². The molecule has 11 heteroatoms. The number of ether oxygens (including phenoxy) is 1. The molecule has 1 atom stereocenters. The number of hydrogen-bond donors (Lipinski definition) is 3. The van der Waals surface area contributed by atoms with Gasteiger partial charge in [0.25, 0.3) is 0 Å². The first-order chi connectivity index (χ1) is 16.9. The predicted octanol–water partition coefficient (Wildman–Crippen LogP) is 1.49. The maximum absolute atomic E-state index is 12.6. The molecule has 3 aromatic rings. The van der Waals surface area contributed by atoms with Crippen molar-refractivity contribution in [2.24, 2.45) is 0 Å². The number of carbonyl (C=O) groups is 2. The zero-order chi connectivity index (χ0) is 25.4. The number of aliphatic hydroxyl groups is 2. The third-order valence-corrected chi connectivity index (χ3v) is 5.34. The number of tetrazole rings is 1. The molecule has 1 heterocycles. The van der Waals surface area contributed by atoms with Crippen LogP contribution in [0.2, 0.25) is 0 Å². The average molecular weight is 483 g/mol. The average Bonchev–Trinajstić information content (AvgIpc) is 3.32. The molecule has 0 bridgehead atoms. The van der Waals surface area contributed by atoms with Gasteiger partial charge in [-0.05, 0) is 47.5 Å². The van der Waals surface area contributed by atoms with Crippen molar-refractivity contribution in [1.82, 2.24) is 30.4 Å². The summed E-state index contributed by atoms with van der Waals surface area (Å²) < 4.78 is 7.11. The fraction of sp³-hybridized carbons (Fsp3) is 0.375. The summed E-state index contributed by atoms with van der Waals surface area (Å²) in [6.07, 6.45) is -0.214. The largest absolute Gasteiger partial charge is 0.413 e. The van der Waals surface area contributed by atoms with Crippen LogP contribution in [-0.2, 0) is 11.2 Å². The molecule has 0 saturated heterocycles. The summed E-state index contributed by atoms with van der Waals surface area (Å²) in [7, 11) is 0. The highest BCUT2D eigenvalue weighted by molar-refractivity contribution is 5.86. The van der Waals surface area contributed by atoms with Gasteiger partial charge in [-0.25, -0.2) is 4.79 Å². The summed E-state index contributed by atoms with van der Waals surface area (Å²) in [6, 6.07) is 12.3. The Labute approximate surface area is 203 Å². The van der Waals surface area contributed by atoms with Gasteiger partial charge in [-0.15, -0.1) is 5.10 Å². The Morgan fingerprint density at radius 2 is 1.77 bits per heavy atom. The number of carbonyl (C=O) groups excluding carboxylic acids is 2. The number of benzene rings is 2. The number of amides is 2. The lowest BCUT2D eigenvalue weighted by Crippen LogP contribution is -2.49. The van der Waals surface area contributed by atoms with Crippen LogP contribution in [-0.4, -0.2) is 79.7 Å². The zero-order valence-corrected chi connectivity index (χ0v) is 20.0. The maximum Gasteiger partial charge on any atom is 0.413 e. The van der Waals surface area contributed by atoms with E-state index in [2.05, 4.69) is 20.8 Å². The summed E-state index contributed by atoms with van der Waals surface area (Å²) in [4.78, 5) is 26.5. The highest BCUT2D eigenvalue weighted by atomic mass is 16.6. The van der Waals surface area contributed by atoms with Crippen LogP contribution in [0.1, 0.15) is 25.2 Å². The lowest BCUT2D eigenvalue weighted by molar-refractivity contribution is -0.133. The van der Waals surface area contributed by atoms with Gasteiger partial charge in [0, 0.05) is 25.6 Å². The van der Waals surface area contributed by atoms with E-state index in [1.165, 1.54) is 11.8 Å². The van der Waals surface area contributed by atoms with Gasteiger partial charge >= 0.3 is 6.09 Å². The van der Waals surface area contributed by atoms with E-state index in [1.807, 2.05) is 44.2 Å². The summed E-state index contributed by atoms with van der Waals surface area (Å²) >= 11 is 0. The third kappa shape index (κ3) is 6.61. The molecule has 0 unspecified atom stereocenters. The van der Waals surface area contributed by atoms with Gasteiger partial charge in [0.15, 0.2) is 5.82 Å². The molecule has 0 fully saturated rings. The number of nitrogens with one attached hydrogen (secondary N) is 1. The van der Waals surface area contributed by atoms with E-state index in [9.17, 15) is 9.59 Å². The molecule has 0 aliphatic heterocycles. The van der Waals surface area contributed by atoms with Crippen molar-refractivity contribution in [2.75, 3.05) is 26.3 Å². The minimum atomic E-state index is -0.924. The fourth-order valence-corrected chi connectivity index (χ4v) is 3.53. The van der Waals surface area contributed by atoms with E-state index in [4.69, 9.17) is 14.9 Å². The smallest absolute Gasteiger partial charge is 0.410 e. The number of aromatic nitrogens is 4. The molecule has 1 aromatic heterocycles. The topological polar surface area (TPSA) is 143 Å².